The van der Waals surface area contributed by atoms with Crippen LogP contribution in [-0.2, 0) is 0 Å². The second-order valence-corrected chi connectivity index (χ2v) is 8.21. The lowest BCUT2D eigenvalue weighted by Gasteiger charge is -2.31. The number of amides is 1. The standard InChI is InChI=1S/C22H26N4OS.ClH/c1-23-12-9-17-10-13-25(14-11-17)22(27)19-16-20(21-8-5-15-28-21)26(24-19)18-6-3-2-4-7-18;/h2-8,15-17,23H,9-14H2,1H3;1H. The van der Waals surface area contributed by atoms with Gasteiger partial charge in [-0.1, -0.05) is 24.3 Å². The zero-order valence-electron chi connectivity index (χ0n) is 16.6. The van der Waals surface area contributed by atoms with E-state index in [0.29, 0.717) is 11.6 Å². The van der Waals surface area contributed by atoms with Crippen LogP contribution in [0.3, 0.4) is 0 Å². The monoisotopic (exact) mass is 430 g/mol. The highest BCUT2D eigenvalue weighted by Gasteiger charge is 2.26. The fourth-order valence-electron chi connectivity index (χ4n) is 3.79. The molecule has 1 aliphatic rings. The summed E-state index contributed by atoms with van der Waals surface area (Å²) >= 11 is 1.66. The number of hydrogen-bond acceptors (Lipinski definition) is 4. The molecule has 4 rings (SSSR count). The van der Waals surface area contributed by atoms with Gasteiger partial charge in [0.05, 0.1) is 16.3 Å². The lowest BCUT2D eigenvalue weighted by atomic mass is 9.93. The fourth-order valence-corrected chi connectivity index (χ4v) is 4.51. The first-order valence-corrected chi connectivity index (χ1v) is 10.8. The second-order valence-electron chi connectivity index (χ2n) is 7.27. The number of nitrogens with one attached hydrogen (secondary N) is 1. The topological polar surface area (TPSA) is 50.2 Å². The number of piperidine rings is 1. The van der Waals surface area contributed by atoms with Gasteiger partial charge in [-0.3, -0.25) is 4.79 Å². The Labute approximate surface area is 182 Å². The number of carbonyl (C=O) groups is 1. The van der Waals surface area contributed by atoms with Crippen LogP contribution in [0.15, 0.2) is 53.9 Å². The van der Waals surface area contributed by atoms with Crippen LogP contribution in [0.4, 0.5) is 0 Å². The minimum Gasteiger partial charge on any atom is -0.337 e. The molecule has 0 aliphatic carbocycles. The van der Waals surface area contributed by atoms with Crippen LogP contribution in [0.2, 0.25) is 0 Å². The van der Waals surface area contributed by atoms with Crippen LogP contribution in [0, 0.1) is 5.92 Å². The Bertz CT molecular complexity index is 902. The van der Waals surface area contributed by atoms with Crippen molar-refractivity contribution in [2.75, 3.05) is 26.7 Å². The van der Waals surface area contributed by atoms with E-state index in [-0.39, 0.29) is 18.3 Å². The maximum absolute atomic E-state index is 13.1. The van der Waals surface area contributed by atoms with Crippen molar-refractivity contribution in [3.8, 4) is 16.3 Å². The molecule has 1 aromatic carbocycles. The quantitative estimate of drug-likeness (QED) is 0.627. The van der Waals surface area contributed by atoms with E-state index in [1.54, 1.807) is 11.3 Å². The Morgan fingerprint density at radius 2 is 1.93 bits per heavy atom. The second kappa shape index (κ2) is 10.1. The van der Waals surface area contributed by atoms with Gasteiger partial charge in [0.2, 0.25) is 0 Å². The summed E-state index contributed by atoms with van der Waals surface area (Å²) in [6.45, 7) is 2.68. The molecule has 5 nitrogen and oxygen atoms in total. The number of para-hydroxylation sites is 1. The zero-order chi connectivity index (χ0) is 19.3. The number of benzene rings is 1. The molecular formula is C22H27ClN4OS. The third-order valence-electron chi connectivity index (χ3n) is 5.41. The first-order chi connectivity index (χ1) is 13.8. The number of hydrogen-bond donors (Lipinski definition) is 1. The third kappa shape index (κ3) is 4.89. The van der Waals surface area contributed by atoms with Crippen molar-refractivity contribution in [3.05, 3.63) is 59.6 Å². The number of thiophene rings is 1. The number of nitrogens with zero attached hydrogens (tertiary/aromatic N) is 3. The van der Waals surface area contributed by atoms with E-state index in [9.17, 15) is 4.79 Å². The van der Waals surface area contributed by atoms with Gasteiger partial charge in [0.25, 0.3) is 5.91 Å². The summed E-state index contributed by atoms with van der Waals surface area (Å²) in [5.74, 6) is 0.750. The first kappa shape index (κ1) is 21.6. The van der Waals surface area contributed by atoms with E-state index in [4.69, 9.17) is 5.10 Å². The Morgan fingerprint density at radius 1 is 1.17 bits per heavy atom. The maximum Gasteiger partial charge on any atom is 0.274 e. The summed E-state index contributed by atoms with van der Waals surface area (Å²) in [5.41, 5.74) is 2.46. The van der Waals surface area contributed by atoms with Gasteiger partial charge in [-0.25, -0.2) is 4.68 Å². The fraction of sp³-hybridized carbons (Fsp3) is 0.364. The summed E-state index contributed by atoms with van der Waals surface area (Å²) < 4.78 is 1.89. The van der Waals surface area contributed by atoms with Crippen molar-refractivity contribution >= 4 is 29.7 Å². The zero-order valence-corrected chi connectivity index (χ0v) is 18.2. The van der Waals surface area contributed by atoms with E-state index in [1.165, 1.54) is 6.42 Å². The molecule has 2 aromatic heterocycles. The highest BCUT2D eigenvalue weighted by atomic mass is 35.5. The normalized spacial score (nSPS) is 14.6. The van der Waals surface area contributed by atoms with Gasteiger partial charge >= 0.3 is 0 Å². The Kier molecular flexibility index (Phi) is 7.47. The van der Waals surface area contributed by atoms with Crippen molar-refractivity contribution in [1.29, 1.82) is 0 Å². The molecule has 1 aliphatic heterocycles. The lowest BCUT2D eigenvalue weighted by molar-refractivity contribution is 0.0680. The van der Waals surface area contributed by atoms with Gasteiger partial charge in [-0.05, 0) is 68.4 Å². The largest absolute Gasteiger partial charge is 0.337 e. The number of aromatic nitrogens is 2. The maximum atomic E-state index is 13.1. The molecule has 3 heterocycles. The Balaban J connectivity index is 0.00000240. The smallest absolute Gasteiger partial charge is 0.274 e. The van der Waals surface area contributed by atoms with Crippen molar-refractivity contribution in [2.45, 2.75) is 19.3 Å². The third-order valence-corrected chi connectivity index (χ3v) is 6.30. The first-order valence-electron chi connectivity index (χ1n) is 9.89. The van der Waals surface area contributed by atoms with Gasteiger partial charge in [-0.15, -0.1) is 23.7 Å². The molecule has 0 radical (unpaired) electrons. The molecule has 1 N–H and O–H groups in total. The average molecular weight is 431 g/mol. The summed E-state index contributed by atoms with van der Waals surface area (Å²) in [6, 6.07) is 16.1. The van der Waals surface area contributed by atoms with Crippen molar-refractivity contribution in [1.82, 2.24) is 20.0 Å². The van der Waals surface area contributed by atoms with Crippen LogP contribution >= 0.6 is 23.7 Å². The van der Waals surface area contributed by atoms with Crippen LogP contribution in [0.25, 0.3) is 16.3 Å². The molecular weight excluding hydrogens is 404 g/mol. The van der Waals surface area contributed by atoms with Crippen LogP contribution < -0.4 is 5.32 Å². The van der Waals surface area contributed by atoms with Crippen LogP contribution in [0.1, 0.15) is 29.8 Å². The predicted octanol–water partition coefficient (Wildman–Crippen LogP) is 4.48. The molecule has 0 bridgehead atoms. The predicted molar refractivity (Wildman–Crippen MR) is 121 cm³/mol. The van der Waals surface area contributed by atoms with Gasteiger partial charge in [0.15, 0.2) is 5.69 Å². The van der Waals surface area contributed by atoms with Gasteiger partial charge < -0.3 is 10.2 Å². The number of rotatable bonds is 6. The van der Waals surface area contributed by atoms with E-state index >= 15 is 0 Å². The van der Waals surface area contributed by atoms with Gasteiger partial charge in [0.1, 0.15) is 0 Å². The molecule has 3 aromatic rings. The van der Waals surface area contributed by atoms with Crippen LogP contribution in [-0.4, -0.2) is 47.3 Å². The summed E-state index contributed by atoms with van der Waals surface area (Å²) in [4.78, 5) is 16.2. The number of halogens is 1. The molecule has 1 amide bonds. The minimum atomic E-state index is 0. The number of carbonyl (C=O) groups excluding carboxylic acids is 1. The van der Waals surface area contributed by atoms with Gasteiger partial charge in [0, 0.05) is 13.1 Å². The molecule has 154 valence electrons. The van der Waals surface area contributed by atoms with Gasteiger partial charge in [-0.2, -0.15) is 5.10 Å². The Hall–Kier alpha value is -2.15. The van der Waals surface area contributed by atoms with Crippen LogP contribution in [0.5, 0.6) is 0 Å². The molecule has 0 spiro atoms. The molecule has 0 unspecified atom stereocenters. The summed E-state index contributed by atoms with van der Waals surface area (Å²) in [6.07, 6.45) is 3.33. The van der Waals surface area contributed by atoms with Crippen molar-refractivity contribution in [2.24, 2.45) is 5.92 Å². The average Bonchev–Trinajstić information content (AvgIpc) is 3.42. The molecule has 29 heavy (non-hydrogen) atoms. The minimum absolute atomic E-state index is 0. The molecule has 0 saturated carbocycles. The molecule has 1 fully saturated rings. The summed E-state index contributed by atoms with van der Waals surface area (Å²) in [7, 11) is 1.99. The molecule has 1 saturated heterocycles. The van der Waals surface area contributed by atoms with E-state index in [0.717, 1.165) is 48.7 Å². The Morgan fingerprint density at radius 3 is 2.59 bits per heavy atom. The lowest BCUT2D eigenvalue weighted by Crippen LogP contribution is -2.39. The molecule has 0 atom stereocenters. The summed E-state index contributed by atoms with van der Waals surface area (Å²) in [5, 5.41) is 9.97. The molecule has 7 heteroatoms. The van der Waals surface area contributed by atoms with Crippen molar-refractivity contribution < 1.29 is 4.79 Å². The SMILES string of the molecule is CNCCC1CCN(C(=O)c2cc(-c3cccs3)n(-c3ccccc3)n2)CC1.Cl. The van der Waals surface area contributed by atoms with E-state index < -0.39 is 0 Å². The number of likely N-dealkylation sites (tertiary alicyclic amines) is 1. The highest BCUT2D eigenvalue weighted by Crippen LogP contribution is 2.29. The van der Waals surface area contributed by atoms with Crippen molar-refractivity contribution in [3.63, 3.8) is 0 Å². The van der Waals surface area contributed by atoms with E-state index in [1.807, 2.05) is 59.1 Å². The highest BCUT2D eigenvalue weighted by molar-refractivity contribution is 7.13. The van der Waals surface area contributed by atoms with E-state index in [2.05, 4.69) is 16.8 Å².